The highest BCUT2D eigenvalue weighted by Crippen LogP contribution is 2.31. The molecule has 166 valence electrons. The molecule has 0 spiro atoms. The maximum absolute atomic E-state index is 12.9. The zero-order valence-corrected chi connectivity index (χ0v) is 18.1. The van der Waals surface area contributed by atoms with E-state index in [1.165, 1.54) is 4.57 Å². The zero-order valence-electron chi connectivity index (χ0n) is 18.1. The summed E-state index contributed by atoms with van der Waals surface area (Å²) in [5.41, 5.74) is 0.601. The van der Waals surface area contributed by atoms with Crippen LogP contribution in [0.2, 0.25) is 0 Å². The highest BCUT2D eigenvalue weighted by molar-refractivity contribution is 5.94. The van der Waals surface area contributed by atoms with E-state index in [2.05, 4.69) is 15.3 Å². The van der Waals surface area contributed by atoms with Crippen LogP contribution in [-0.4, -0.2) is 39.3 Å². The third-order valence-corrected chi connectivity index (χ3v) is 5.39. The van der Waals surface area contributed by atoms with Crippen molar-refractivity contribution in [3.05, 3.63) is 70.0 Å². The van der Waals surface area contributed by atoms with Gasteiger partial charge in [-0.2, -0.15) is 0 Å². The van der Waals surface area contributed by atoms with E-state index in [-0.39, 0.29) is 18.8 Å². The molecule has 4 rings (SSSR count). The van der Waals surface area contributed by atoms with Gasteiger partial charge in [-0.1, -0.05) is 24.3 Å². The minimum absolute atomic E-state index is 0.145. The number of aromatic hydroxyl groups is 1. The Morgan fingerprint density at radius 2 is 2.00 bits per heavy atom. The van der Waals surface area contributed by atoms with Crippen molar-refractivity contribution in [2.75, 3.05) is 13.7 Å². The van der Waals surface area contributed by atoms with E-state index in [1.54, 1.807) is 33.2 Å². The van der Waals surface area contributed by atoms with Crippen LogP contribution in [0.15, 0.2) is 47.4 Å². The van der Waals surface area contributed by atoms with Crippen molar-refractivity contribution in [1.82, 2.24) is 19.9 Å². The molecule has 32 heavy (non-hydrogen) atoms. The largest absolute Gasteiger partial charge is 0.501 e. The second-order valence-corrected chi connectivity index (χ2v) is 7.85. The topological polar surface area (TPSA) is 116 Å². The molecule has 2 aromatic heterocycles. The number of methoxy groups -OCH3 is 1. The van der Waals surface area contributed by atoms with E-state index >= 15 is 0 Å². The molecule has 0 fully saturated rings. The molecule has 1 amide bonds. The Balaban J connectivity index is 1.64. The molecular weight excluding hydrogens is 412 g/mol. The van der Waals surface area contributed by atoms with Crippen LogP contribution in [0.3, 0.4) is 0 Å². The molecule has 0 unspecified atom stereocenters. The minimum atomic E-state index is -0.858. The van der Waals surface area contributed by atoms with Gasteiger partial charge in [0.05, 0.1) is 20.3 Å². The molecule has 9 heteroatoms. The lowest BCUT2D eigenvalue weighted by molar-refractivity contribution is -0.0566. The van der Waals surface area contributed by atoms with Crippen molar-refractivity contribution in [1.29, 1.82) is 0 Å². The lowest BCUT2D eigenvalue weighted by Gasteiger charge is -2.32. The molecule has 0 atom stereocenters. The number of pyridine rings is 1. The smallest absolute Gasteiger partial charge is 0.296 e. The molecule has 0 saturated heterocycles. The van der Waals surface area contributed by atoms with Crippen LogP contribution in [0.4, 0.5) is 0 Å². The van der Waals surface area contributed by atoms with Gasteiger partial charge in [0.2, 0.25) is 11.6 Å². The highest BCUT2D eigenvalue weighted by atomic mass is 16.5. The van der Waals surface area contributed by atoms with Crippen LogP contribution >= 0.6 is 0 Å². The van der Waals surface area contributed by atoms with Crippen LogP contribution < -0.4 is 15.6 Å². The monoisotopic (exact) mass is 436 g/mol. The van der Waals surface area contributed by atoms with Crippen molar-refractivity contribution >= 4 is 5.91 Å². The number of hydrogen-bond acceptors (Lipinski definition) is 7. The SMILES string of the molecule is COc1ncccc1-c1ccccc1CNC(=O)c1nc2n(c(=O)c1O)CCOC2(C)C. The second-order valence-electron chi connectivity index (χ2n) is 7.85. The van der Waals surface area contributed by atoms with Gasteiger partial charge >= 0.3 is 0 Å². The predicted octanol–water partition coefficient (Wildman–Crippen LogP) is 2.21. The Bertz CT molecular complexity index is 1240. The summed E-state index contributed by atoms with van der Waals surface area (Å²) >= 11 is 0. The Labute approximate surface area is 184 Å². The minimum Gasteiger partial charge on any atom is -0.501 e. The fraction of sp³-hybridized carbons (Fsp3) is 0.304. The van der Waals surface area contributed by atoms with Crippen molar-refractivity contribution in [3.63, 3.8) is 0 Å². The standard InChI is InChI=1S/C23H24N4O5/c1-23(2)22-26-17(18(28)21(30)27(22)11-12-32-23)19(29)25-13-14-7-4-5-8-15(14)16-9-6-10-24-20(16)31-3/h4-10,28H,11-13H2,1-3H3,(H,25,29). The number of carbonyl (C=O) groups is 1. The van der Waals surface area contributed by atoms with Crippen LogP contribution in [0.25, 0.3) is 11.1 Å². The van der Waals surface area contributed by atoms with Gasteiger partial charge in [0.15, 0.2) is 5.69 Å². The summed E-state index contributed by atoms with van der Waals surface area (Å²) < 4.78 is 12.4. The van der Waals surface area contributed by atoms with E-state index in [0.717, 1.165) is 16.7 Å². The van der Waals surface area contributed by atoms with E-state index < -0.39 is 22.8 Å². The van der Waals surface area contributed by atoms with Gasteiger partial charge in [-0.25, -0.2) is 9.97 Å². The number of benzene rings is 1. The fourth-order valence-electron chi connectivity index (χ4n) is 3.78. The van der Waals surface area contributed by atoms with Gasteiger partial charge in [-0.15, -0.1) is 0 Å². The summed E-state index contributed by atoms with van der Waals surface area (Å²) in [6.07, 6.45) is 1.64. The zero-order chi connectivity index (χ0) is 22.9. The normalized spacial score (nSPS) is 14.5. The number of amides is 1. The predicted molar refractivity (Wildman–Crippen MR) is 117 cm³/mol. The molecule has 2 N–H and O–H groups in total. The van der Waals surface area contributed by atoms with Crippen LogP contribution in [0, 0.1) is 0 Å². The molecule has 0 bridgehead atoms. The first kappa shape index (κ1) is 21.5. The number of ether oxygens (including phenoxy) is 2. The van der Waals surface area contributed by atoms with Crippen molar-refractivity contribution in [2.24, 2.45) is 0 Å². The lowest BCUT2D eigenvalue weighted by Crippen LogP contribution is -2.42. The number of nitrogens with zero attached hydrogens (tertiary/aromatic N) is 3. The van der Waals surface area contributed by atoms with Gasteiger partial charge in [0.25, 0.3) is 11.5 Å². The first-order valence-corrected chi connectivity index (χ1v) is 10.2. The molecular formula is C23H24N4O5. The molecule has 1 aliphatic heterocycles. The number of aromatic nitrogens is 3. The number of rotatable bonds is 5. The summed E-state index contributed by atoms with van der Waals surface area (Å²) in [5, 5.41) is 13.1. The molecule has 3 aromatic rings. The fourth-order valence-corrected chi connectivity index (χ4v) is 3.78. The first-order valence-electron chi connectivity index (χ1n) is 10.2. The first-order chi connectivity index (χ1) is 15.3. The van der Waals surface area contributed by atoms with Crippen LogP contribution in [0.5, 0.6) is 11.6 Å². The molecule has 1 aromatic carbocycles. The van der Waals surface area contributed by atoms with Crippen molar-refractivity contribution in [2.45, 2.75) is 32.5 Å². The quantitative estimate of drug-likeness (QED) is 0.630. The lowest BCUT2D eigenvalue weighted by atomic mass is 10.0. The second kappa shape index (κ2) is 8.43. The molecule has 0 aliphatic carbocycles. The van der Waals surface area contributed by atoms with E-state index in [9.17, 15) is 14.7 Å². The van der Waals surface area contributed by atoms with Gasteiger partial charge < -0.3 is 19.9 Å². The van der Waals surface area contributed by atoms with Crippen molar-refractivity contribution in [3.8, 4) is 22.8 Å². The third-order valence-electron chi connectivity index (χ3n) is 5.39. The Morgan fingerprint density at radius 1 is 1.25 bits per heavy atom. The molecule has 9 nitrogen and oxygen atoms in total. The summed E-state index contributed by atoms with van der Waals surface area (Å²) in [4.78, 5) is 34.1. The van der Waals surface area contributed by atoms with Crippen molar-refractivity contribution < 1.29 is 19.4 Å². The average Bonchev–Trinajstić information content (AvgIpc) is 2.80. The number of carbonyl (C=O) groups excluding carboxylic acids is 1. The average molecular weight is 436 g/mol. The van der Waals surface area contributed by atoms with E-state index in [1.807, 2.05) is 30.3 Å². The Morgan fingerprint density at radius 3 is 2.78 bits per heavy atom. The van der Waals surface area contributed by atoms with E-state index in [4.69, 9.17) is 9.47 Å². The summed E-state index contributed by atoms with van der Waals surface area (Å²) in [6, 6.07) is 11.2. The van der Waals surface area contributed by atoms with Gasteiger partial charge in [-0.3, -0.25) is 14.2 Å². The third kappa shape index (κ3) is 3.82. The van der Waals surface area contributed by atoms with E-state index in [0.29, 0.717) is 18.3 Å². The Kier molecular flexibility index (Phi) is 5.67. The maximum atomic E-state index is 12.9. The highest BCUT2D eigenvalue weighted by Gasteiger charge is 2.34. The summed E-state index contributed by atoms with van der Waals surface area (Å²) in [5.74, 6) is -0.559. The van der Waals surface area contributed by atoms with Gasteiger partial charge in [0.1, 0.15) is 11.4 Å². The molecule has 0 saturated carbocycles. The number of fused-ring (bicyclic) bond motifs is 1. The molecule has 1 aliphatic rings. The van der Waals surface area contributed by atoms with Gasteiger partial charge in [0, 0.05) is 18.3 Å². The summed E-state index contributed by atoms with van der Waals surface area (Å²) in [6.45, 7) is 4.26. The molecule has 0 radical (unpaired) electrons. The summed E-state index contributed by atoms with van der Waals surface area (Å²) in [7, 11) is 1.55. The maximum Gasteiger partial charge on any atom is 0.296 e. The molecule has 3 heterocycles. The number of nitrogens with one attached hydrogen (secondary N) is 1. The Hall–Kier alpha value is -3.72. The van der Waals surface area contributed by atoms with Crippen LogP contribution in [-0.2, 0) is 23.4 Å². The van der Waals surface area contributed by atoms with Gasteiger partial charge in [-0.05, 0) is 37.1 Å². The van der Waals surface area contributed by atoms with Crippen LogP contribution in [0.1, 0.15) is 35.7 Å². The number of hydrogen-bond donors (Lipinski definition) is 2.